The molecule has 1 saturated carbocycles. The Labute approximate surface area is 129 Å². The molecule has 2 aliphatic heterocycles. The molecular weight excluding hydrogens is 262 g/mol. The van der Waals surface area contributed by atoms with E-state index < -0.39 is 0 Å². The number of hydrogen-bond acceptors (Lipinski definition) is 4. The number of aliphatic hydroxyl groups excluding tert-OH is 1. The maximum Gasteiger partial charge on any atom is 0.0616 e. The molecule has 3 atom stereocenters. The highest BCUT2D eigenvalue weighted by atomic mass is 16.3. The van der Waals surface area contributed by atoms with Gasteiger partial charge in [-0.05, 0) is 57.7 Å². The van der Waals surface area contributed by atoms with E-state index in [4.69, 9.17) is 0 Å². The second kappa shape index (κ2) is 6.95. The molecule has 0 aromatic rings. The molecular formula is C17H33N3O. The Bertz CT molecular complexity index is 338. The van der Waals surface area contributed by atoms with Gasteiger partial charge in [0.2, 0.25) is 0 Å². The predicted octanol–water partition coefficient (Wildman–Crippen LogP) is 1.30. The maximum absolute atomic E-state index is 9.90. The molecule has 3 unspecified atom stereocenters. The zero-order valence-electron chi connectivity index (χ0n) is 13.7. The molecule has 3 aliphatic rings. The van der Waals surface area contributed by atoms with Gasteiger partial charge in [0.05, 0.1) is 6.61 Å². The highest BCUT2D eigenvalue weighted by molar-refractivity contribution is 4.99. The van der Waals surface area contributed by atoms with Gasteiger partial charge in [-0.25, -0.2) is 0 Å². The summed E-state index contributed by atoms with van der Waals surface area (Å²) in [6.45, 7) is 9.79. The van der Waals surface area contributed by atoms with Crippen LogP contribution in [-0.4, -0.2) is 72.4 Å². The molecule has 1 aliphatic carbocycles. The Hall–Kier alpha value is -0.160. The van der Waals surface area contributed by atoms with Crippen LogP contribution in [0.1, 0.15) is 45.4 Å². The van der Waals surface area contributed by atoms with Crippen LogP contribution in [-0.2, 0) is 0 Å². The first-order valence-electron chi connectivity index (χ1n) is 9.10. The van der Waals surface area contributed by atoms with Crippen LogP contribution >= 0.6 is 0 Å². The van der Waals surface area contributed by atoms with Crippen molar-refractivity contribution in [3.8, 4) is 0 Å². The second-order valence-corrected chi connectivity index (χ2v) is 7.36. The molecule has 0 aromatic carbocycles. The smallest absolute Gasteiger partial charge is 0.0616 e. The van der Waals surface area contributed by atoms with Crippen LogP contribution in [0.2, 0.25) is 0 Å². The standard InChI is InChI=1S/C17H33N3O/c1-2-18-17(14-21)8-3-5-15(17)7-10-19-11-12-20-9-4-6-16(20)13-19/h15-16,18,21H,2-14H2,1H3. The van der Waals surface area contributed by atoms with Gasteiger partial charge in [-0.15, -0.1) is 0 Å². The Morgan fingerprint density at radius 2 is 2.10 bits per heavy atom. The summed E-state index contributed by atoms with van der Waals surface area (Å²) in [6, 6.07) is 0.832. The van der Waals surface area contributed by atoms with E-state index >= 15 is 0 Å². The number of piperazine rings is 1. The highest BCUT2D eigenvalue weighted by Crippen LogP contribution is 2.38. The van der Waals surface area contributed by atoms with Gasteiger partial charge in [-0.1, -0.05) is 13.3 Å². The van der Waals surface area contributed by atoms with Crippen LogP contribution in [0.4, 0.5) is 0 Å². The summed E-state index contributed by atoms with van der Waals surface area (Å²) in [5.41, 5.74) is 0.0178. The molecule has 4 heteroatoms. The van der Waals surface area contributed by atoms with Gasteiger partial charge in [0.1, 0.15) is 0 Å². The monoisotopic (exact) mass is 295 g/mol. The Kier molecular flexibility index (Phi) is 5.20. The predicted molar refractivity (Wildman–Crippen MR) is 86.5 cm³/mol. The largest absolute Gasteiger partial charge is 0.394 e. The highest BCUT2D eigenvalue weighted by Gasteiger charge is 2.41. The summed E-state index contributed by atoms with van der Waals surface area (Å²) in [5, 5.41) is 13.5. The first-order valence-corrected chi connectivity index (χ1v) is 9.10. The van der Waals surface area contributed by atoms with Crippen molar-refractivity contribution in [1.82, 2.24) is 15.1 Å². The van der Waals surface area contributed by atoms with Crippen LogP contribution < -0.4 is 5.32 Å². The quantitative estimate of drug-likeness (QED) is 0.775. The lowest BCUT2D eigenvalue weighted by Crippen LogP contribution is -2.53. The number of nitrogens with one attached hydrogen (secondary N) is 1. The zero-order valence-corrected chi connectivity index (χ0v) is 13.7. The van der Waals surface area contributed by atoms with E-state index in [0.717, 1.165) is 19.0 Å². The molecule has 3 rings (SSSR count). The lowest BCUT2D eigenvalue weighted by molar-refractivity contribution is 0.0820. The number of fused-ring (bicyclic) bond motifs is 1. The average Bonchev–Trinajstić information content (AvgIpc) is 3.12. The lowest BCUT2D eigenvalue weighted by Gasteiger charge is -2.40. The van der Waals surface area contributed by atoms with Crippen LogP contribution in [0.25, 0.3) is 0 Å². The third-order valence-electron chi connectivity index (χ3n) is 6.23. The van der Waals surface area contributed by atoms with Crippen molar-refractivity contribution in [3.63, 3.8) is 0 Å². The van der Waals surface area contributed by atoms with E-state index in [1.165, 1.54) is 64.8 Å². The molecule has 3 fully saturated rings. The number of rotatable bonds is 6. The molecule has 2 saturated heterocycles. The second-order valence-electron chi connectivity index (χ2n) is 7.36. The molecule has 0 radical (unpaired) electrons. The van der Waals surface area contributed by atoms with E-state index in [2.05, 4.69) is 22.0 Å². The summed E-state index contributed by atoms with van der Waals surface area (Å²) in [5.74, 6) is 0.657. The van der Waals surface area contributed by atoms with Crippen LogP contribution in [0, 0.1) is 5.92 Å². The van der Waals surface area contributed by atoms with Gasteiger partial charge in [-0.2, -0.15) is 0 Å². The molecule has 0 amide bonds. The molecule has 2 N–H and O–H groups in total. The number of hydrogen-bond donors (Lipinski definition) is 2. The lowest BCUT2D eigenvalue weighted by atomic mass is 9.85. The van der Waals surface area contributed by atoms with Gasteiger partial charge in [0.25, 0.3) is 0 Å². The van der Waals surface area contributed by atoms with Crippen molar-refractivity contribution in [2.75, 3.05) is 45.9 Å². The average molecular weight is 295 g/mol. The Balaban J connectivity index is 1.50. The molecule has 0 bridgehead atoms. The van der Waals surface area contributed by atoms with Crippen molar-refractivity contribution >= 4 is 0 Å². The summed E-state index contributed by atoms with van der Waals surface area (Å²) < 4.78 is 0. The van der Waals surface area contributed by atoms with E-state index in [-0.39, 0.29) is 5.54 Å². The summed E-state index contributed by atoms with van der Waals surface area (Å²) in [7, 11) is 0. The number of likely N-dealkylation sites (N-methyl/N-ethyl adjacent to an activating group) is 1. The summed E-state index contributed by atoms with van der Waals surface area (Å²) in [6.07, 6.45) is 7.76. The van der Waals surface area contributed by atoms with E-state index in [9.17, 15) is 5.11 Å². The van der Waals surface area contributed by atoms with Crippen molar-refractivity contribution in [1.29, 1.82) is 0 Å². The molecule has 0 aromatic heterocycles. The third-order valence-corrected chi connectivity index (χ3v) is 6.23. The van der Waals surface area contributed by atoms with Crippen LogP contribution in [0.5, 0.6) is 0 Å². The van der Waals surface area contributed by atoms with Crippen LogP contribution in [0.3, 0.4) is 0 Å². The summed E-state index contributed by atoms with van der Waals surface area (Å²) >= 11 is 0. The van der Waals surface area contributed by atoms with E-state index in [1.807, 2.05) is 0 Å². The number of nitrogens with zero attached hydrogens (tertiary/aromatic N) is 2. The van der Waals surface area contributed by atoms with Gasteiger partial charge in [0.15, 0.2) is 0 Å². The van der Waals surface area contributed by atoms with Gasteiger partial charge >= 0.3 is 0 Å². The molecule has 0 spiro atoms. The van der Waals surface area contributed by atoms with E-state index in [1.54, 1.807) is 0 Å². The third kappa shape index (κ3) is 3.29. The molecule has 122 valence electrons. The molecule has 2 heterocycles. The fraction of sp³-hybridized carbons (Fsp3) is 1.00. The molecule has 21 heavy (non-hydrogen) atoms. The fourth-order valence-electron chi connectivity index (χ4n) is 5.01. The zero-order chi connectivity index (χ0) is 14.7. The maximum atomic E-state index is 9.90. The minimum absolute atomic E-state index is 0.0178. The van der Waals surface area contributed by atoms with Crippen molar-refractivity contribution in [2.24, 2.45) is 5.92 Å². The van der Waals surface area contributed by atoms with Crippen LogP contribution in [0.15, 0.2) is 0 Å². The molecule has 4 nitrogen and oxygen atoms in total. The topological polar surface area (TPSA) is 38.7 Å². The first kappa shape index (κ1) is 15.7. The normalized spacial score (nSPS) is 38.0. The fourth-order valence-corrected chi connectivity index (χ4v) is 5.01. The van der Waals surface area contributed by atoms with Gasteiger partial charge < -0.3 is 15.3 Å². The van der Waals surface area contributed by atoms with Gasteiger partial charge in [0, 0.05) is 31.2 Å². The minimum atomic E-state index is 0.0178. The van der Waals surface area contributed by atoms with Crippen molar-refractivity contribution < 1.29 is 5.11 Å². The van der Waals surface area contributed by atoms with Crippen molar-refractivity contribution in [2.45, 2.75) is 57.0 Å². The minimum Gasteiger partial charge on any atom is -0.394 e. The Morgan fingerprint density at radius 1 is 1.19 bits per heavy atom. The Morgan fingerprint density at radius 3 is 2.90 bits per heavy atom. The first-order chi connectivity index (χ1) is 10.3. The van der Waals surface area contributed by atoms with Gasteiger partial charge in [-0.3, -0.25) is 4.90 Å². The summed E-state index contributed by atoms with van der Waals surface area (Å²) in [4.78, 5) is 5.36. The van der Waals surface area contributed by atoms with E-state index in [0.29, 0.717) is 12.5 Å². The number of aliphatic hydroxyl groups is 1. The SMILES string of the molecule is CCNC1(CO)CCCC1CCN1CCN2CCCC2C1. The van der Waals surface area contributed by atoms with Crippen molar-refractivity contribution in [3.05, 3.63) is 0 Å².